The molecule has 0 spiro atoms. The molecule has 5 heteroatoms. The van der Waals surface area contributed by atoms with Gasteiger partial charge in [-0.15, -0.1) is 0 Å². The van der Waals surface area contributed by atoms with Crippen LogP contribution in [0, 0.1) is 0 Å². The van der Waals surface area contributed by atoms with Crippen molar-refractivity contribution in [2.75, 3.05) is 12.4 Å². The van der Waals surface area contributed by atoms with Crippen LogP contribution in [0.1, 0.15) is 6.92 Å². The van der Waals surface area contributed by atoms with Crippen molar-refractivity contribution in [2.24, 2.45) is 0 Å². The van der Waals surface area contributed by atoms with Crippen molar-refractivity contribution in [1.82, 2.24) is 9.38 Å². The summed E-state index contributed by atoms with van der Waals surface area (Å²) in [5.74, 6) is 0.484. The predicted octanol–water partition coefficient (Wildman–Crippen LogP) is 2.97. The van der Waals surface area contributed by atoms with Gasteiger partial charge in [-0.1, -0.05) is 6.07 Å². The third-order valence-electron chi connectivity index (χ3n) is 3.17. The smallest absolute Gasteiger partial charge is 0.221 e. The highest BCUT2D eigenvalue weighted by Gasteiger charge is 2.09. The van der Waals surface area contributed by atoms with Gasteiger partial charge in [0.05, 0.1) is 18.5 Å². The first kappa shape index (κ1) is 13.2. The Balaban J connectivity index is 2.07. The molecule has 21 heavy (non-hydrogen) atoms. The molecule has 0 atom stereocenters. The Morgan fingerprint density at radius 1 is 1.29 bits per heavy atom. The van der Waals surface area contributed by atoms with Crippen LogP contribution in [0.25, 0.3) is 16.9 Å². The second-order valence-electron chi connectivity index (χ2n) is 4.69. The molecule has 2 aromatic heterocycles. The number of carbonyl (C=O) groups excluding carboxylic acids is 1. The Morgan fingerprint density at radius 2 is 2.14 bits per heavy atom. The van der Waals surface area contributed by atoms with Crippen molar-refractivity contribution >= 4 is 17.2 Å². The van der Waals surface area contributed by atoms with Gasteiger partial charge in [0.15, 0.2) is 0 Å². The summed E-state index contributed by atoms with van der Waals surface area (Å²) in [6, 6.07) is 11.5. The Morgan fingerprint density at radius 3 is 2.86 bits per heavy atom. The zero-order valence-corrected chi connectivity index (χ0v) is 11.8. The molecule has 3 rings (SSSR count). The van der Waals surface area contributed by atoms with Gasteiger partial charge in [0.25, 0.3) is 0 Å². The molecule has 1 aromatic carbocycles. The van der Waals surface area contributed by atoms with Gasteiger partial charge >= 0.3 is 0 Å². The average molecular weight is 281 g/mol. The van der Waals surface area contributed by atoms with E-state index in [4.69, 9.17) is 4.74 Å². The van der Waals surface area contributed by atoms with E-state index in [2.05, 4.69) is 10.3 Å². The Labute approximate surface area is 122 Å². The molecule has 0 bridgehead atoms. The second kappa shape index (κ2) is 5.28. The maximum atomic E-state index is 11.3. The average Bonchev–Trinajstić information content (AvgIpc) is 2.90. The van der Waals surface area contributed by atoms with Crippen LogP contribution >= 0.6 is 0 Å². The lowest BCUT2D eigenvalue weighted by molar-refractivity contribution is -0.114. The molecule has 0 aliphatic rings. The zero-order valence-electron chi connectivity index (χ0n) is 11.8. The van der Waals surface area contributed by atoms with Crippen LogP contribution in [-0.2, 0) is 4.79 Å². The van der Waals surface area contributed by atoms with Crippen molar-refractivity contribution in [3.8, 4) is 17.0 Å². The Hall–Kier alpha value is -2.82. The molecule has 1 amide bonds. The first-order valence-corrected chi connectivity index (χ1v) is 6.57. The summed E-state index contributed by atoms with van der Waals surface area (Å²) in [5, 5.41) is 2.77. The van der Waals surface area contributed by atoms with Crippen molar-refractivity contribution in [2.45, 2.75) is 6.92 Å². The third kappa shape index (κ3) is 2.58. The van der Waals surface area contributed by atoms with Gasteiger partial charge in [-0.2, -0.15) is 0 Å². The van der Waals surface area contributed by atoms with Crippen LogP contribution in [-0.4, -0.2) is 22.4 Å². The minimum absolute atomic E-state index is 0.138. The molecule has 0 saturated carbocycles. The van der Waals surface area contributed by atoms with Crippen LogP contribution in [0.3, 0.4) is 0 Å². The largest absolute Gasteiger partial charge is 0.495 e. The molecule has 0 aliphatic heterocycles. The number of ether oxygens (including phenoxy) is 1. The van der Waals surface area contributed by atoms with E-state index in [0.29, 0.717) is 11.4 Å². The van der Waals surface area contributed by atoms with Crippen LogP contribution in [0.2, 0.25) is 0 Å². The SMILES string of the molecule is COc1ccc(-c2cn3ccccc3n2)cc1NC(C)=O. The molecule has 1 N–H and O–H groups in total. The number of hydrogen-bond acceptors (Lipinski definition) is 3. The number of aromatic nitrogens is 2. The van der Waals surface area contributed by atoms with Gasteiger partial charge in [-0.25, -0.2) is 4.98 Å². The minimum atomic E-state index is -0.138. The van der Waals surface area contributed by atoms with Gasteiger partial charge in [-0.3, -0.25) is 4.79 Å². The molecule has 0 unspecified atom stereocenters. The van der Waals surface area contributed by atoms with E-state index >= 15 is 0 Å². The van der Waals surface area contributed by atoms with Gasteiger partial charge in [0.2, 0.25) is 5.91 Å². The molecule has 5 nitrogen and oxygen atoms in total. The number of methoxy groups -OCH3 is 1. The molecule has 0 aliphatic carbocycles. The van der Waals surface area contributed by atoms with E-state index < -0.39 is 0 Å². The van der Waals surface area contributed by atoms with Crippen LogP contribution in [0.4, 0.5) is 5.69 Å². The monoisotopic (exact) mass is 281 g/mol. The predicted molar refractivity (Wildman–Crippen MR) is 81.5 cm³/mol. The quantitative estimate of drug-likeness (QED) is 0.803. The number of pyridine rings is 1. The van der Waals surface area contributed by atoms with Crippen molar-refractivity contribution < 1.29 is 9.53 Å². The number of amides is 1. The summed E-state index contributed by atoms with van der Waals surface area (Å²) in [4.78, 5) is 15.9. The first-order chi connectivity index (χ1) is 10.2. The van der Waals surface area contributed by atoms with Gasteiger partial charge in [0, 0.05) is 24.9 Å². The van der Waals surface area contributed by atoms with Gasteiger partial charge in [-0.05, 0) is 30.3 Å². The standard InChI is InChI=1S/C16H15N3O2/c1-11(20)17-13-9-12(6-7-15(13)21-2)14-10-19-8-4-3-5-16(19)18-14/h3-10H,1-2H3,(H,17,20). The summed E-state index contributed by atoms with van der Waals surface area (Å²) in [5.41, 5.74) is 3.28. The highest BCUT2D eigenvalue weighted by Crippen LogP contribution is 2.30. The van der Waals surface area contributed by atoms with E-state index in [-0.39, 0.29) is 5.91 Å². The van der Waals surface area contributed by atoms with Crippen LogP contribution in [0.15, 0.2) is 48.8 Å². The molecule has 3 aromatic rings. The molecular weight excluding hydrogens is 266 g/mol. The van der Waals surface area contributed by atoms with E-state index in [0.717, 1.165) is 16.9 Å². The summed E-state index contributed by atoms with van der Waals surface area (Å²) >= 11 is 0. The first-order valence-electron chi connectivity index (χ1n) is 6.57. The lowest BCUT2D eigenvalue weighted by Crippen LogP contribution is -2.07. The van der Waals surface area contributed by atoms with Crippen LogP contribution < -0.4 is 10.1 Å². The van der Waals surface area contributed by atoms with Gasteiger partial charge in [0.1, 0.15) is 11.4 Å². The summed E-state index contributed by atoms with van der Waals surface area (Å²) in [7, 11) is 1.57. The molecule has 2 heterocycles. The number of hydrogen-bond donors (Lipinski definition) is 1. The number of carbonyl (C=O) groups is 1. The lowest BCUT2D eigenvalue weighted by atomic mass is 10.1. The molecule has 0 saturated heterocycles. The number of benzene rings is 1. The van der Waals surface area contributed by atoms with E-state index in [9.17, 15) is 4.79 Å². The van der Waals surface area contributed by atoms with Crippen molar-refractivity contribution in [3.05, 3.63) is 48.8 Å². The summed E-state index contributed by atoms with van der Waals surface area (Å²) in [6.07, 6.45) is 3.90. The molecular formula is C16H15N3O2. The molecule has 106 valence electrons. The van der Waals surface area contributed by atoms with E-state index in [1.165, 1.54) is 6.92 Å². The van der Waals surface area contributed by atoms with Crippen LogP contribution in [0.5, 0.6) is 5.75 Å². The summed E-state index contributed by atoms with van der Waals surface area (Å²) in [6.45, 7) is 1.47. The zero-order chi connectivity index (χ0) is 14.8. The van der Waals surface area contributed by atoms with E-state index in [1.807, 2.05) is 53.2 Å². The highest BCUT2D eigenvalue weighted by molar-refractivity contribution is 5.91. The third-order valence-corrected chi connectivity index (χ3v) is 3.17. The fourth-order valence-corrected chi connectivity index (χ4v) is 2.23. The number of nitrogens with zero attached hydrogens (tertiary/aromatic N) is 2. The van der Waals surface area contributed by atoms with E-state index in [1.54, 1.807) is 7.11 Å². The normalized spacial score (nSPS) is 10.6. The second-order valence-corrected chi connectivity index (χ2v) is 4.69. The maximum absolute atomic E-state index is 11.3. The number of rotatable bonds is 3. The molecule has 0 fully saturated rings. The Bertz CT molecular complexity index is 775. The Kier molecular flexibility index (Phi) is 3.31. The van der Waals surface area contributed by atoms with Crippen molar-refractivity contribution in [1.29, 1.82) is 0 Å². The lowest BCUT2D eigenvalue weighted by Gasteiger charge is -2.10. The topological polar surface area (TPSA) is 55.6 Å². The van der Waals surface area contributed by atoms with Crippen molar-refractivity contribution in [3.63, 3.8) is 0 Å². The fraction of sp³-hybridized carbons (Fsp3) is 0.125. The number of anilines is 1. The fourth-order valence-electron chi connectivity index (χ4n) is 2.23. The maximum Gasteiger partial charge on any atom is 0.221 e. The number of imidazole rings is 1. The van der Waals surface area contributed by atoms with Gasteiger partial charge < -0.3 is 14.5 Å². The number of nitrogens with one attached hydrogen (secondary N) is 1. The summed E-state index contributed by atoms with van der Waals surface area (Å²) < 4.78 is 7.21. The number of fused-ring (bicyclic) bond motifs is 1. The highest BCUT2D eigenvalue weighted by atomic mass is 16.5. The molecule has 0 radical (unpaired) electrons. The minimum Gasteiger partial charge on any atom is -0.495 e.